The molecule has 0 spiro atoms. The van der Waals surface area contributed by atoms with Gasteiger partial charge >= 0.3 is 0 Å². The standard InChI is InChI=1S/C17H20N4O2/c1-2-23-13-9-7-12(8-10-13)11-18-21-17(22)16-14-5-3-4-6-15(14)19-20-16/h7-11H,2-6H2,1H3,(H,19,20)(H,21,22)/b18-11-. The molecule has 1 aromatic heterocycles. The summed E-state index contributed by atoms with van der Waals surface area (Å²) in [5.41, 5.74) is 6.00. The van der Waals surface area contributed by atoms with E-state index in [1.165, 1.54) is 0 Å². The highest BCUT2D eigenvalue weighted by molar-refractivity contribution is 5.94. The molecule has 0 saturated carbocycles. The summed E-state index contributed by atoms with van der Waals surface area (Å²) in [5, 5.41) is 11.1. The van der Waals surface area contributed by atoms with Crippen LogP contribution in [0.25, 0.3) is 0 Å². The van der Waals surface area contributed by atoms with Crippen LogP contribution in [0.3, 0.4) is 0 Å². The topological polar surface area (TPSA) is 79.4 Å². The molecular weight excluding hydrogens is 292 g/mol. The number of carbonyl (C=O) groups excluding carboxylic acids is 1. The predicted molar refractivity (Wildman–Crippen MR) is 87.9 cm³/mol. The van der Waals surface area contributed by atoms with Crippen LogP contribution < -0.4 is 10.2 Å². The van der Waals surface area contributed by atoms with Gasteiger partial charge in [0.2, 0.25) is 0 Å². The van der Waals surface area contributed by atoms with Gasteiger partial charge in [-0.05, 0) is 62.4 Å². The first-order valence-corrected chi connectivity index (χ1v) is 7.90. The molecule has 0 bridgehead atoms. The Bertz CT molecular complexity index is 704. The van der Waals surface area contributed by atoms with E-state index in [1.807, 2.05) is 31.2 Å². The van der Waals surface area contributed by atoms with E-state index in [0.29, 0.717) is 12.3 Å². The molecule has 0 atom stereocenters. The molecule has 1 aromatic carbocycles. The van der Waals surface area contributed by atoms with Crippen molar-refractivity contribution >= 4 is 12.1 Å². The number of aromatic nitrogens is 2. The summed E-state index contributed by atoms with van der Waals surface area (Å²) in [5.74, 6) is 0.545. The van der Waals surface area contributed by atoms with Crippen LogP contribution in [-0.4, -0.2) is 28.9 Å². The first-order valence-electron chi connectivity index (χ1n) is 7.90. The zero-order chi connectivity index (χ0) is 16.1. The van der Waals surface area contributed by atoms with Gasteiger partial charge in [0.15, 0.2) is 5.69 Å². The third-order valence-corrected chi connectivity index (χ3v) is 3.84. The Labute approximate surface area is 134 Å². The van der Waals surface area contributed by atoms with Crippen molar-refractivity contribution in [1.82, 2.24) is 15.6 Å². The van der Waals surface area contributed by atoms with E-state index in [2.05, 4.69) is 20.7 Å². The van der Waals surface area contributed by atoms with Gasteiger partial charge in [-0.2, -0.15) is 10.2 Å². The number of carbonyl (C=O) groups is 1. The average Bonchev–Trinajstić information content (AvgIpc) is 3.01. The van der Waals surface area contributed by atoms with Crippen molar-refractivity contribution < 1.29 is 9.53 Å². The Morgan fingerprint density at radius 3 is 2.91 bits per heavy atom. The number of aryl methyl sites for hydroxylation is 1. The lowest BCUT2D eigenvalue weighted by Crippen LogP contribution is -2.20. The number of nitrogens with zero attached hydrogens (tertiary/aromatic N) is 2. The number of rotatable bonds is 5. The first-order chi connectivity index (χ1) is 11.3. The van der Waals surface area contributed by atoms with Crippen LogP contribution in [0, 0.1) is 0 Å². The lowest BCUT2D eigenvalue weighted by molar-refractivity contribution is 0.0949. The van der Waals surface area contributed by atoms with Crippen molar-refractivity contribution in [2.45, 2.75) is 32.6 Å². The van der Waals surface area contributed by atoms with Crippen LogP contribution in [-0.2, 0) is 12.8 Å². The van der Waals surface area contributed by atoms with Crippen LogP contribution in [0.4, 0.5) is 0 Å². The third kappa shape index (κ3) is 3.59. The molecule has 0 fully saturated rings. The Morgan fingerprint density at radius 1 is 1.35 bits per heavy atom. The van der Waals surface area contributed by atoms with Gasteiger partial charge in [0.25, 0.3) is 5.91 Å². The molecule has 0 saturated heterocycles. The summed E-state index contributed by atoms with van der Waals surface area (Å²) >= 11 is 0. The summed E-state index contributed by atoms with van der Waals surface area (Å²) < 4.78 is 5.38. The normalized spacial score (nSPS) is 13.8. The van der Waals surface area contributed by atoms with Gasteiger partial charge in [-0.15, -0.1) is 0 Å². The summed E-state index contributed by atoms with van der Waals surface area (Å²) in [6.45, 7) is 2.58. The van der Waals surface area contributed by atoms with Gasteiger partial charge in [-0.25, -0.2) is 5.43 Å². The minimum Gasteiger partial charge on any atom is -0.494 e. The summed E-state index contributed by atoms with van der Waals surface area (Å²) in [6, 6.07) is 7.52. The molecule has 6 heteroatoms. The highest BCUT2D eigenvalue weighted by Crippen LogP contribution is 2.21. The lowest BCUT2D eigenvalue weighted by Gasteiger charge is -2.10. The lowest BCUT2D eigenvalue weighted by atomic mass is 9.96. The molecule has 0 radical (unpaired) electrons. The van der Waals surface area contributed by atoms with Crippen molar-refractivity contribution in [2.24, 2.45) is 5.10 Å². The number of hydrogen-bond acceptors (Lipinski definition) is 4. The highest BCUT2D eigenvalue weighted by atomic mass is 16.5. The molecule has 120 valence electrons. The summed E-state index contributed by atoms with van der Waals surface area (Å²) in [6.07, 6.45) is 5.71. The number of hydrazone groups is 1. The molecular formula is C17H20N4O2. The minimum atomic E-state index is -0.272. The van der Waals surface area contributed by atoms with E-state index >= 15 is 0 Å². The molecule has 23 heavy (non-hydrogen) atoms. The molecule has 1 aliphatic rings. The van der Waals surface area contributed by atoms with E-state index in [4.69, 9.17) is 4.74 Å². The second-order valence-electron chi connectivity index (χ2n) is 5.44. The molecule has 2 aromatic rings. The fourth-order valence-corrected chi connectivity index (χ4v) is 2.70. The molecule has 2 N–H and O–H groups in total. The van der Waals surface area contributed by atoms with Crippen LogP contribution in [0.1, 0.15) is 47.1 Å². The maximum atomic E-state index is 12.2. The van der Waals surface area contributed by atoms with Gasteiger partial charge in [-0.1, -0.05) is 0 Å². The molecule has 0 aliphatic heterocycles. The number of amides is 1. The van der Waals surface area contributed by atoms with Crippen LogP contribution in [0.5, 0.6) is 5.75 Å². The SMILES string of the molecule is CCOc1ccc(/C=N\NC(=O)c2n[nH]c3c2CCCC3)cc1. The number of fused-ring (bicyclic) bond motifs is 1. The number of hydrogen-bond donors (Lipinski definition) is 2. The van der Waals surface area contributed by atoms with Gasteiger partial charge in [0.05, 0.1) is 12.8 Å². The molecule has 1 heterocycles. The number of aromatic amines is 1. The number of H-pyrrole nitrogens is 1. The van der Waals surface area contributed by atoms with E-state index in [-0.39, 0.29) is 5.91 Å². The fourth-order valence-electron chi connectivity index (χ4n) is 2.70. The quantitative estimate of drug-likeness (QED) is 0.657. The largest absolute Gasteiger partial charge is 0.494 e. The second-order valence-corrected chi connectivity index (χ2v) is 5.44. The van der Waals surface area contributed by atoms with E-state index in [1.54, 1.807) is 6.21 Å². The van der Waals surface area contributed by atoms with Gasteiger partial charge < -0.3 is 4.74 Å². The Kier molecular flexibility index (Phi) is 4.71. The highest BCUT2D eigenvalue weighted by Gasteiger charge is 2.21. The third-order valence-electron chi connectivity index (χ3n) is 3.84. The van der Waals surface area contributed by atoms with E-state index < -0.39 is 0 Å². The van der Waals surface area contributed by atoms with E-state index in [0.717, 1.165) is 48.3 Å². The van der Waals surface area contributed by atoms with Crippen molar-refractivity contribution in [3.63, 3.8) is 0 Å². The molecule has 3 rings (SSSR count). The Balaban J connectivity index is 1.61. The first kappa shape index (κ1) is 15.3. The van der Waals surface area contributed by atoms with Crippen LogP contribution >= 0.6 is 0 Å². The number of benzene rings is 1. The predicted octanol–water partition coefficient (Wildman–Crippen LogP) is 2.45. The van der Waals surface area contributed by atoms with Gasteiger partial charge in [0.1, 0.15) is 5.75 Å². The zero-order valence-corrected chi connectivity index (χ0v) is 13.1. The van der Waals surface area contributed by atoms with Gasteiger partial charge in [0, 0.05) is 11.3 Å². The van der Waals surface area contributed by atoms with Crippen molar-refractivity contribution in [3.8, 4) is 5.75 Å². The minimum absolute atomic E-state index is 0.272. The number of nitrogens with one attached hydrogen (secondary N) is 2. The Morgan fingerprint density at radius 2 is 2.13 bits per heavy atom. The number of ether oxygens (including phenoxy) is 1. The Hall–Kier alpha value is -2.63. The van der Waals surface area contributed by atoms with Crippen molar-refractivity contribution in [3.05, 3.63) is 46.8 Å². The maximum Gasteiger partial charge on any atom is 0.292 e. The molecule has 0 unspecified atom stereocenters. The van der Waals surface area contributed by atoms with Gasteiger partial charge in [-0.3, -0.25) is 9.89 Å². The average molecular weight is 312 g/mol. The van der Waals surface area contributed by atoms with Crippen LogP contribution in [0.15, 0.2) is 29.4 Å². The van der Waals surface area contributed by atoms with Crippen LogP contribution in [0.2, 0.25) is 0 Å². The van der Waals surface area contributed by atoms with E-state index in [9.17, 15) is 4.79 Å². The zero-order valence-electron chi connectivity index (χ0n) is 13.1. The maximum absolute atomic E-state index is 12.2. The molecule has 1 aliphatic carbocycles. The smallest absolute Gasteiger partial charge is 0.292 e. The molecule has 6 nitrogen and oxygen atoms in total. The summed E-state index contributed by atoms with van der Waals surface area (Å²) in [4.78, 5) is 12.2. The van der Waals surface area contributed by atoms with Crippen molar-refractivity contribution in [1.29, 1.82) is 0 Å². The van der Waals surface area contributed by atoms with Crippen molar-refractivity contribution in [2.75, 3.05) is 6.61 Å². The summed E-state index contributed by atoms with van der Waals surface area (Å²) in [7, 11) is 0. The second kappa shape index (κ2) is 7.09. The fraction of sp³-hybridized carbons (Fsp3) is 0.353. The molecule has 1 amide bonds. The monoisotopic (exact) mass is 312 g/mol.